The minimum Gasteiger partial charge on any atom is -0.508 e. The second kappa shape index (κ2) is 8.26. The summed E-state index contributed by atoms with van der Waals surface area (Å²) in [6.45, 7) is 6.01. The van der Waals surface area contributed by atoms with E-state index < -0.39 is 0 Å². The van der Waals surface area contributed by atoms with Crippen molar-refractivity contribution in [2.45, 2.75) is 39.5 Å². The van der Waals surface area contributed by atoms with Gasteiger partial charge >= 0.3 is 5.97 Å². The molecule has 4 nitrogen and oxygen atoms in total. The van der Waals surface area contributed by atoms with Gasteiger partial charge in [-0.05, 0) is 47.7 Å². The summed E-state index contributed by atoms with van der Waals surface area (Å²) in [5.74, 6) is 1.29. The van der Waals surface area contributed by atoms with Crippen LogP contribution in [0.1, 0.15) is 43.4 Å². The highest BCUT2D eigenvalue weighted by Gasteiger charge is 2.15. The van der Waals surface area contributed by atoms with Gasteiger partial charge in [0.15, 0.2) is 0 Å². The molecule has 1 N–H and O–H groups in total. The average molecular weight is 363 g/mol. The number of aromatic hydroxyl groups is 1. The maximum atomic E-state index is 11.5. The first-order valence-corrected chi connectivity index (χ1v) is 8.62. The summed E-state index contributed by atoms with van der Waals surface area (Å²) in [5, 5.41) is 10.4. The number of methoxy groups -OCH3 is 1. The summed E-state index contributed by atoms with van der Waals surface area (Å²) in [7, 11) is 1.36. The quantitative estimate of drug-likeness (QED) is 0.714. The van der Waals surface area contributed by atoms with Crippen LogP contribution in [0.25, 0.3) is 0 Å². The van der Waals surface area contributed by atoms with E-state index in [0.717, 1.165) is 16.7 Å². The van der Waals surface area contributed by atoms with Gasteiger partial charge in [0.05, 0.1) is 18.6 Å². The number of phenols is 1. The van der Waals surface area contributed by atoms with Crippen LogP contribution in [0, 0.1) is 0 Å². The summed E-state index contributed by atoms with van der Waals surface area (Å²) >= 11 is 6.40. The highest BCUT2D eigenvalue weighted by atomic mass is 35.5. The van der Waals surface area contributed by atoms with Crippen LogP contribution in [0.2, 0.25) is 5.02 Å². The molecule has 2 aromatic rings. The lowest BCUT2D eigenvalue weighted by atomic mass is 10.0. The number of carbonyl (C=O) groups is 1. The van der Waals surface area contributed by atoms with Gasteiger partial charge in [-0.15, -0.1) is 0 Å². The van der Waals surface area contributed by atoms with Crippen molar-refractivity contribution >= 4 is 17.6 Å². The van der Waals surface area contributed by atoms with E-state index in [1.54, 1.807) is 18.2 Å². The molecule has 0 fully saturated rings. The fourth-order valence-corrected chi connectivity index (χ4v) is 2.91. The summed E-state index contributed by atoms with van der Waals surface area (Å²) < 4.78 is 10.7. The van der Waals surface area contributed by atoms with Crippen molar-refractivity contribution in [1.29, 1.82) is 0 Å². The molecular weight excluding hydrogens is 340 g/mol. The predicted molar refractivity (Wildman–Crippen MR) is 98.8 cm³/mol. The molecule has 0 heterocycles. The van der Waals surface area contributed by atoms with Gasteiger partial charge in [-0.2, -0.15) is 0 Å². The molecule has 0 amide bonds. The Morgan fingerprint density at radius 2 is 1.96 bits per heavy atom. The van der Waals surface area contributed by atoms with Gasteiger partial charge in [0.2, 0.25) is 0 Å². The van der Waals surface area contributed by atoms with Crippen molar-refractivity contribution in [3.63, 3.8) is 0 Å². The van der Waals surface area contributed by atoms with E-state index in [4.69, 9.17) is 21.1 Å². The zero-order chi connectivity index (χ0) is 18.6. The molecule has 0 spiro atoms. The molecular formula is C20H23ClO4. The fraction of sp³-hybridized carbons (Fsp3) is 0.350. The number of esters is 1. The number of aryl methyl sites for hydroxylation is 1. The smallest absolute Gasteiger partial charge is 0.309 e. The Balaban J connectivity index is 2.36. The van der Waals surface area contributed by atoms with Crippen LogP contribution < -0.4 is 4.74 Å². The zero-order valence-corrected chi connectivity index (χ0v) is 15.7. The third-order valence-electron chi connectivity index (χ3n) is 3.98. The van der Waals surface area contributed by atoms with Crippen molar-refractivity contribution in [3.8, 4) is 17.2 Å². The Morgan fingerprint density at radius 3 is 2.56 bits per heavy atom. The van der Waals surface area contributed by atoms with E-state index in [-0.39, 0.29) is 24.1 Å². The average Bonchev–Trinajstić information content (AvgIpc) is 2.57. The van der Waals surface area contributed by atoms with Crippen LogP contribution in [0.4, 0.5) is 0 Å². The van der Waals surface area contributed by atoms with Crippen LogP contribution in [0.15, 0.2) is 30.3 Å². The molecule has 0 atom stereocenters. The number of rotatable bonds is 6. The third-order valence-corrected chi connectivity index (χ3v) is 4.26. The molecule has 134 valence electrons. The van der Waals surface area contributed by atoms with Crippen molar-refractivity contribution in [1.82, 2.24) is 0 Å². The maximum Gasteiger partial charge on any atom is 0.309 e. The second-order valence-corrected chi connectivity index (χ2v) is 6.56. The van der Waals surface area contributed by atoms with E-state index in [0.29, 0.717) is 22.9 Å². The number of benzene rings is 2. The monoisotopic (exact) mass is 362 g/mol. The lowest BCUT2D eigenvalue weighted by Crippen LogP contribution is -2.05. The minimum atomic E-state index is -0.313. The van der Waals surface area contributed by atoms with Crippen molar-refractivity contribution < 1.29 is 19.4 Å². The maximum absolute atomic E-state index is 11.5. The molecule has 0 radical (unpaired) electrons. The second-order valence-electron chi connectivity index (χ2n) is 6.15. The lowest BCUT2D eigenvalue weighted by molar-refractivity contribution is -0.139. The van der Waals surface area contributed by atoms with E-state index in [1.807, 2.05) is 32.9 Å². The van der Waals surface area contributed by atoms with Crippen LogP contribution in [0.3, 0.4) is 0 Å². The highest BCUT2D eigenvalue weighted by Crippen LogP contribution is 2.37. The normalized spacial score (nSPS) is 10.8. The van der Waals surface area contributed by atoms with Gasteiger partial charge in [0, 0.05) is 5.56 Å². The molecule has 0 aromatic heterocycles. The standard InChI is InChI=1S/C20H23ClO4/c1-5-14-8-13(10-19(23)24-4)9-17(21)20(14)25-15-6-7-18(22)16(11-15)12(2)3/h6-9,11-12,22H,5,10H2,1-4H3. The molecule has 0 saturated heterocycles. The third kappa shape index (κ3) is 4.67. The minimum absolute atomic E-state index is 0.167. The Hall–Kier alpha value is -2.20. The number of phenolic OH excluding ortho intramolecular Hbond substituents is 1. The van der Waals surface area contributed by atoms with E-state index in [9.17, 15) is 9.90 Å². The SMILES string of the molecule is CCc1cc(CC(=O)OC)cc(Cl)c1Oc1ccc(O)c(C(C)C)c1. The zero-order valence-electron chi connectivity index (χ0n) is 14.9. The van der Waals surface area contributed by atoms with Crippen molar-refractivity contribution in [2.24, 2.45) is 0 Å². The number of carbonyl (C=O) groups excluding carboxylic acids is 1. The first-order valence-electron chi connectivity index (χ1n) is 8.24. The van der Waals surface area contributed by atoms with Crippen LogP contribution in [-0.2, 0) is 22.4 Å². The number of ether oxygens (including phenoxy) is 2. The number of hydrogen-bond acceptors (Lipinski definition) is 4. The molecule has 0 saturated carbocycles. The van der Waals surface area contributed by atoms with E-state index >= 15 is 0 Å². The van der Waals surface area contributed by atoms with E-state index in [1.165, 1.54) is 7.11 Å². The predicted octanol–water partition coefficient (Wildman–Crippen LogP) is 5.24. The highest BCUT2D eigenvalue weighted by molar-refractivity contribution is 6.32. The molecule has 0 bridgehead atoms. The molecule has 2 aromatic carbocycles. The largest absolute Gasteiger partial charge is 0.508 e. The van der Waals surface area contributed by atoms with Gasteiger partial charge < -0.3 is 14.6 Å². The molecule has 25 heavy (non-hydrogen) atoms. The summed E-state index contributed by atoms with van der Waals surface area (Å²) in [6.07, 6.45) is 0.874. The molecule has 2 rings (SSSR count). The first-order chi connectivity index (χ1) is 11.8. The van der Waals surface area contributed by atoms with Gasteiger partial charge in [-0.3, -0.25) is 4.79 Å². The Kier molecular flexibility index (Phi) is 6.32. The topological polar surface area (TPSA) is 55.8 Å². The van der Waals surface area contributed by atoms with Crippen LogP contribution >= 0.6 is 11.6 Å². The Labute approximate surface area is 153 Å². The molecule has 0 unspecified atom stereocenters. The summed E-state index contributed by atoms with van der Waals surface area (Å²) in [6, 6.07) is 8.77. The van der Waals surface area contributed by atoms with Crippen molar-refractivity contribution in [3.05, 3.63) is 52.0 Å². The number of hydrogen-bond donors (Lipinski definition) is 1. The van der Waals surface area contributed by atoms with E-state index in [2.05, 4.69) is 0 Å². The Morgan fingerprint density at radius 1 is 1.24 bits per heavy atom. The molecule has 0 aliphatic heterocycles. The first kappa shape index (κ1) is 19.1. The van der Waals surface area contributed by atoms with Gasteiger partial charge in [-0.25, -0.2) is 0 Å². The summed E-state index contributed by atoms with van der Waals surface area (Å²) in [5.41, 5.74) is 2.51. The van der Waals surface area contributed by atoms with Gasteiger partial charge in [0.25, 0.3) is 0 Å². The Bertz CT molecular complexity index is 769. The number of halogens is 1. The van der Waals surface area contributed by atoms with Crippen LogP contribution in [0.5, 0.6) is 17.2 Å². The van der Waals surface area contributed by atoms with Gasteiger partial charge in [-0.1, -0.05) is 38.4 Å². The van der Waals surface area contributed by atoms with Crippen molar-refractivity contribution in [2.75, 3.05) is 7.11 Å². The fourth-order valence-electron chi connectivity index (χ4n) is 2.61. The van der Waals surface area contributed by atoms with Crippen LogP contribution in [-0.4, -0.2) is 18.2 Å². The molecule has 0 aliphatic rings. The molecule has 0 aliphatic carbocycles. The van der Waals surface area contributed by atoms with Gasteiger partial charge in [0.1, 0.15) is 17.2 Å². The molecule has 5 heteroatoms. The lowest BCUT2D eigenvalue weighted by Gasteiger charge is -2.16. The summed E-state index contributed by atoms with van der Waals surface area (Å²) in [4.78, 5) is 11.5.